The van der Waals surface area contributed by atoms with E-state index in [1.165, 1.54) is 32.1 Å². The van der Waals surface area contributed by atoms with Crippen LogP contribution in [0.15, 0.2) is 0 Å². The Morgan fingerprint density at radius 3 is 2.38 bits per heavy atom. The van der Waals surface area contributed by atoms with Crippen LogP contribution >= 0.6 is 0 Å². The molecular formula is C13H27NO2. The highest BCUT2D eigenvalue weighted by molar-refractivity contribution is 4.73. The average Bonchev–Trinajstić information content (AvgIpc) is 2.80. The molecule has 16 heavy (non-hydrogen) atoms. The molecule has 2 N–H and O–H groups in total. The van der Waals surface area contributed by atoms with Gasteiger partial charge in [0.2, 0.25) is 0 Å². The smallest absolute Gasteiger partial charge is 0.0466 e. The SMILES string of the molecule is OCCCCOCCCCNC1CCCC1. The maximum Gasteiger partial charge on any atom is 0.0466 e. The predicted octanol–water partition coefficient (Wildman–Crippen LogP) is 2.09. The van der Waals surface area contributed by atoms with Crippen molar-refractivity contribution in [2.45, 2.75) is 57.4 Å². The maximum absolute atomic E-state index is 8.58. The first-order valence-corrected chi connectivity index (χ1v) is 6.85. The third kappa shape index (κ3) is 7.20. The number of nitrogens with one attached hydrogen (secondary N) is 1. The van der Waals surface area contributed by atoms with E-state index < -0.39 is 0 Å². The predicted molar refractivity (Wildman–Crippen MR) is 66.6 cm³/mol. The van der Waals surface area contributed by atoms with Crippen molar-refractivity contribution in [1.29, 1.82) is 0 Å². The fraction of sp³-hybridized carbons (Fsp3) is 1.00. The molecule has 1 rings (SSSR count). The minimum Gasteiger partial charge on any atom is -0.396 e. The second kappa shape index (κ2) is 10.1. The molecule has 96 valence electrons. The molecule has 0 radical (unpaired) electrons. The van der Waals surface area contributed by atoms with Gasteiger partial charge >= 0.3 is 0 Å². The van der Waals surface area contributed by atoms with E-state index in [1.54, 1.807) is 0 Å². The first-order chi connectivity index (χ1) is 7.93. The minimum atomic E-state index is 0.286. The van der Waals surface area contributed by atoms with Gasteiger partial charge < -0.3 is 15.2 Å². The Morgan fingerprint density at radius 1 is 1.00 bits per heavy atom. The number of unbranched alkanes of at least 4 members (excludes halogenated alkanes) is 2. The van der Waals surface area contributed by atoms with Gasteiger partial charge in [-0.25, -0.2) is 0 Å². The van der Waals surface area contributed by atoms with E-state index in [9.17, 15) is 0 Å². The average molecular weight is 229 g/mol. The normalized spacial score (nSPS) is 17.1. The van der Waals surface area contributed by atoms with Gasteiger partial charge in [-0.1, -0.05) is 12.8 Å². The zero-order valence-corrected chi connectivity index (χ0v) is 10.4. The molecule has 1 saturated carbocycles. The molecule has 0 aliphatic heterocycles. The van der Waals surface area contributed by atoms with Gasteiger partial charge in [0.05, 0.1) is 0 Å². The van der Waals surface area contributed by atoms with Crippen molar-refractivity contribution in [2.75, 3.05) is 26.4 Å². The highest BCUT2D eigenvalue weighted by atomic mass is 16.5. The van der Waals surface area contributed by atoms with E-state index in [0.717, 1.165) is 45.1 Å². The zero-order valence-electron chi connectivity index (χ0n) is 10.4. The Balaban J connectivity index is 1.71. The lowest BCUT2D eigenvalue weighted by molar-refractivity contribution is 0.121. The molecule has 0 aromatic carbocycles. The third-order valence-electron chi connectivity index (χ3n) is 3.20. The highest BCUT2D eigenvalue weighted by Gasteiger charge is 2.12. The lowest BCUT2D eigenvalue weighted by Crippen LogP contribution is -2.27. The van der Waals surface area contributed by atoms with Crippen LogP contribution in [-0.2, 0) is 4.74 Å². The fourth-order valence-corrected chi connectivity index (χ4v) is 2.18. The van der Waals surface area contributed by atoms with Gasteiger partial charge in [0.1, 0.15) is 0 Å². The van der Waals surface area contributed by atoms with Crippen molar-refractivity contribution in [3.63, 3.8) is 0 Å². The summed E-state index contributed by atoms with van der Waals surface area (Å²) in [5, 5.41) is 12.2. The Labute approximate surface area is 99.6 Å². The molecule has 0 atom stereocenters. The van der Waals surface area contributed by atoms with E-state index in [1.807, 2.05) is 0 Å². The van der Waals surface area contributed by atoms with Crippen LogP contribution in [0, 0.1) is 0 Å². The molecule has 0 amide bonds. The summed E-state index contributed by atoms with van der Waals surface area (Å²) < 4.78 is 5.47. The number of aliphatic hydroxyl groups excluding tert-OH is 1. The van der Waals surface area contributed by atoms with Crippen molar-refractivity contribution in [1.82, 2.24) is 5.32 Å². The minimum absolute atomic E-state index is 0.286. The Kier molecular flexibility index (Phi) is 8.77. The van der Waals surface area contributed by atoms with Gasteiger partial charge in [0.25, 0.3) is 0 Å². The van der Waals surface area contributed by atoms with Crippen LogP contribution in [-0.4, -0.2) is 37.5 Å². The molecule has 0 bridgehead atoms. The first kappa shape index (κ1) is 13.9. The summed E-state index contributed by atoms with van der Waals surface area (Å²) >= 11 is 0. The Bertz CT molecular complexity index is 147. The lowest BCUT2D eigenvalue weighted by Gasteiger charge is -2.11. The topological polar surface area (TPSA) is 41.5 Å². The number of ether oxygens (including phenoxy) is 1. The lowest BCUT2D eigenvalue weighted by atomic mass is 10.2. The van der Waals surface area contributed by atoms with Gasteiger partial charge in [0, 0.05) is 25.9 Å². The van der Waals surface area contributed by atoms with Crippen molar-refractivity contribution in [2.24, 2.45) is 0 Å². The van der Waals surface area contributed by atoms with Gasteiger partial charge in [0.15, 0.2) is 0 Å². The van der Waals surface area contributed by atoms with Crippen LogP contribution in [0.25, 0.3) is 0 Å². The van der Waals surface area contributed by atoms with Gasteiger partial charge in [-0.3, -0.25) is 0 Å². The van der Waals surface area contributed by atoms with Crippen LogP contribution in [0.5, 0.6) is 0 Å². The number of hydrogen-bond acceptors (Lipinski definition) is 3. The van der Waals surface area contributed by atoms with E-state index >= 15 is 0 Å². The zero-order chi connectivity index (χ0) is 11.5. The Hall–Kier alpha value is -0.120. The van der Waals surface area contributed by atoms with Crippen LogP contribution in [0.4, 0.5) is 0 Å². The van der Waals surface area contributed by atoms with E-state index in [2.05, 4.69) is 5.32 Å². The molecule has 0 spiro atoms. The molecule has 1 fully saturated rings. The third-order valence-corrected chi connectivity index (χ3v) is 3.20. The quantitative estimate of drug-likeness (QED) is 0.564. The molecule has 0 saturated heterocycles. The van der Waals surface area contributed by atoms with Crippen LogP contribution in [0.3, 0.4) is 0 Å². The van der Waals surface area contributed by atoms with Gasteiger partial charge in [-0.15, -0.1) is 0 Å². The summed E-state index contributed by atoms with van der Waals surface area (Å²) in [7, 11) is 0. The van der Waals surface area contributed by atoms with Crippen LogP contribution < -0.4 is 5.32 Å². The van der Waals surface area contributed by atoms with Crippen LogP contribution in [0.1, 0.15) is 51.4 Å². The van der Waals surface area contributed by atoms with Crippen molar-refractivity contribution in [3.05, 3.63) is 0 Å². The second-order valence-electron chi connectivity index (χ2n) is 4.69. The van der Waals surface area contributed by atoms with Crippen molar-refractivity contribution >= 4 is 0 Å². The standard InChI is InChI=1S/C13H27NO2/c15-10-4-6-12-16-11-5-3-9-14-13-7-1-2-8-13/h13-15H,1-12H2. The van der Waals surface area contributed by atoms with Gasteiger partial charge in [-0.05, 0) is 45.1 Å². The second-order valence-corrected chi connectivity index (χ2v) is 4.69. The molecule has 1 aliphatic rings. The van der Waals surface area contributed by atoms with E-state index in [4.69, 9.17) is 9.84 Å². The molecular weight excluding hydrogens is 202 g/mol. The summed E-state index contributed by atoms with van der Waals surface area (Å²) in [6, 6.07) is 0.797. The van der Waals surface area contributed by atoms with E-state index in [-0.39, 0.29) is 6.61 Å². The molecule has 0 heterocycles. The van der Waals surface area contributed by atoms with Crippen molar-refractivity contribution in [3.8, 4) is 0 Å². The molecule has 1 aliphatic carbocycles. The monoisotopic (exact) mass is 229 g/mol. The van der Waals surface area contributed by atoms with Crippen LogP contribution in [0.2, 0.25) is 0 Å². The largest absolute Gasteiger partial charge is 0.396 e. The summed E-state index contributed by atoms with van der Waals surface area (Å²) in [4.78, 5) is 0. The number of rotatable bonds is 10. The number of aliphatic hydroxyl groups is 1. The summed E-state index contributed by atoms with van der Waals surface area (Å²) in [5.74, 6) is 0. The molecule has 3 nitrogen and oxygen atoms in total. The summed E-state index contributed by atoms with van der Waals surface area (Å²) in [6.45, 7) is 3.10. The molecule has 0 unspecified atom stereocenters. The first-order valence-electron chi connectivity index (χ1n) is 6.85. The summed E-state index contributed by atoms with van der Waals surface area (Å²) in [6.07, 6.45) is 9.78. The Morgan fingerprint density at radius 2 is 1.69 bits per heavy atom. The van der Waals surface area contributed by atoms with Gasteiger partial charge in [-0.2, -0.15) is 0 Å². The molecule has 0 aromatic heterocycles. The van der Waals surface area contributed by atoms with Crippen molar-refractivity contribution < 1.29 is 9.84 Å². The fourth-order valence-electron chi connectivity index (χ4n) is 2.18. The number of hydrogen-bond donors (Lipinski definition) is 2. The highest BCUT2D eigenvalue weighted by Crippen LogP contribution is 2.17. The summed E-state index contributed by atoms with van der Waals surface area (Å²) in [5.41, 5.74) is 0. The molecule has 3 heteroatoms. The molecule has 0 aromatic rings. The maximum atomic E-state index is 8.58. The van der Waals surface area contributed by atoms with E-state index in [0.29, 0.717) is 0 Å².